The number of rotatable bonds is 6. The second-order valence-electron chi connectivity index (χ2n) is 11.4. The molecule has 0 bridgehead atoms. The summed E-state index contributed by atoms with van der Waals surface area (Å²) in [7, 11) is 0. The first-order valence-corrected chi connectivity index (χ1v) is 15.1. The predicted octanol–water partition coefficient (Wildman–Crippen LogP) is 9.91. The van der Waals surface area contributed by atoms with Crippen molar-refractivity contribution in [2.45, 2.75) is 46.5 Å². The molecule has 3 aromatic carbocycles. The fraction of sp³-hybridized carbons (Fsp3) is 0.175. The SMILES string of the molecule is Cc1ccc(-c2[c-]cccc2)nc1.Cc1cnc(-c2[c-]ccc3c2oc2nc(CCc4ccccc4)ccc23)cc1C(C)C.[Ir]. The van der Waals surface area contributed by atoms with Crippen molar-refractivity contribution in [2.75, 3.05) is 0 Å². The van der Waals surface area contributed by atoms with Gasteiger partial charge in [-0.2, -0.15) is 0 Å². The van der Waals surface area contributed by atoms with Crippen LogP contribution >= 0.6 is 0 Å². The van der Waals surface area contributed by atoms with Gasteiger partial charge in [-0.1, -0.05) is 73.3 Å². The molecule has 0 amide bonds. The Morgan fingerprint density at radius 1 is 0.733 bits per heavy atom. The minimum Gasteiger partial charge on any atom is -0.486 e. The molecule has 0 saturated carbocycles. The quantitative estimate of drug-likeness (QED) is 0.158. The van der Waals surface area contributed by atoms with E-state index in [4.69, 9.17) is 9.40 Å². The van der Waals surface area contributed by atoms with Crippen LogP contribution in [-0.4, -0.2) is 15.0 Å². The largest absolute Gasteiger partial charge is 0.486 e. The van der Waals surface area contributed by atoms with Gasteiger partial charge in [-0.05, 0) is 78.4 Å². The third-order valence-corrected chi connectivity index (χ3v) is 7.79. The van der Waals surface area contributed by atoms with Gasteiger partial charge in [0.05, 0.1) is 5.58 Å². The zero-order chi connectivity index (χ0) is 30.5. The minimum atomic E-state index is 0. The van der Waals surface area contributed by atoms with Crippen molar-refractivity contribution in [1.29, 1.82) is 0 Å². The van der Waals surface area contributed by atoms with E-state index in [0.29, 0.717) is 11.6 Å². The fourth-order valence-electron chi connectivity index (χ4n) is 5.38. The molecule has 0 unspecified atom stereocenters. The van der Waals surface area contributed by atoms with Gasteiger partial charge >= 0.3 is 0 Å². The first-order valence-electron chi connectivity index (χ1n) is 15.1. The summed E-state index contributed by atoms with van der Waals surface area (Å²) in [6, 6.07) is 39.3. The van der Waals surface area contributed by atoms with E-state index in [1.807, 2.05) is 67.8 Å². The zero-order valence-electron chi connectivity index (χ0n) is 26.0. The Morgan fingerprint density at radius 2 is 1.53 bits per heavy atom. The maximum absolute atomic E-state index is 6.28. The molecule has 0 spiro atoms. The van der Waals surface area contributed by atoms with E-state index in [0.717, 1.165) is 57.4 Å². The molecule has 0 fully saturated rings. The number of aryl methyl sites for hydroxylation is 4. The Labute approximate surface area is 279 Å². The number of fused-ring (bicyclic) bond motifs is 3. The van der Waals surface area contributed by atoms with Crippen molar-refractivity contribution in [3.63, 3.8) is 0 Å². The first-order chi connectivity index (χ1) is 21.5. The van der Waals surface area contributed by atoms with Crippen LogP contribution in [0, 0.1) is 26.0 Å². The second kappa shape index (κ2) is 14.6. The molecule has 0 N–H and O–H groups in total. The normalized spacial score (nSPS) is 10.9. The van der Waals surface area contributed by atoms with Crippen LogP contribution in [0.1, 0.15) is 47.7 Å². The number of nitrogens with zero attached hydrogens (tertiary/aromatic N) is 3. The summed E-state index contributed by atoms with van der Waals surface area (Å²) in [4.78, 5) is 13.8. The van der Waals surface area contributed by atoms with Gasteiger partial charge < -0.3 is 14.4 Å². The van der Waals surface area contributed by atoms with Gasteiger partial charge in [-0.25, -0.2) is 4.98 Å². The molecular weight excluding hydrogens is 731 g/mol. The molecule has 7 aromatic rings. The summed E-state index contributed by atoms with van der Waals surface area (Å²) < 4.78 is 6.28. The predicted molar refractivity (Wildman–Crippen MR) is 180 cm³/mol. The van der Waals surface area contributed by atoms with Gasteiger partial charge in [-0.3, -0.25) is 0 Å². The molecule has 4 nitrogen and oxygen atoms in total. The maximum atomic E-state index is 6.28. The van der Waals surface area contributed by atoms with E-state index in [9.17, 15) is 0 Å². The van der Waals surface area contributed by atoms with Crippen molar-refractivity contribution in [3.05, 3.63) is 150 Å². The van der Waals surface area contributed by atoms with Gasteiger partial charge in [0.2, 0.25) is 5.71 Å². The van der Waals surface area contributed by atoms with Crippen LogP contribution in [0.25, 0.3) is 44.6 Å². The monoisotopic (exact) mass is 766 g/mol. The second-order valence-corrected chi connectivity index (χ2v) is 11.4. The van der Waals surface area contributed by atoms with Crippen molar-refractivity contribution in [2.24, 2.45) is 0 Å². The van der Waals surface area contributed by atoms with E-state index in [1.54, 1.807) is 0 Å². The van der Waals surface area contributed by atoms with Crippen LogP contribution in [0.15, 0.2) is 114 Å². The Kier molecular flexibility index (Phi) is 10.3. The molecule has 5 heteroatoms. The van der Waals surface area contributed by atoms with Crippen LogP contribution in [-0.2, 0) is 32.9 Å². The van der Waals surface area contributed by atoms with Gasteiger partial charge in [0, 0.05) is 43.6 Å². The third kappa shape index (κ3) is 7.45. The Hall–Kier alpha value is -4.44. The molecule has 0 aliphatic carbocycles. The summed E-state index contributed by atoms with van der Waals surface area (Å²) in [6.07, 6.45) is 5.66. The van der Waals surface area contributed by atoms with Crippen LogP contribution in [0.5, 0.6) is 0 Å². The zero-order valence-corrected chi connectivity index (χ0v) is 28.4. The molecule has 0 saturated heterocycles. The molecule has 7 rings (SSSR count). The molecule has 227 valence electrons. The van der Waals surface area contributed by atoms with E-state index >= 15 is 0 Å². The minimum absolute atomic E-state index is 0. The fourth-order valence-corrected chi connectivity index (χ4v) is 5.38. The van der Waals surface area contributed by atoms with Crippen LogP contribution in [0.2, 0.25) is 0 Å². The van der Waals surface area contributed by atoms with Crippen LogP contribution < -0.4 is 0 Å². The Morgan fingerprint density at radius 3 is 2.27 bits per heavy atom. The third-order valence-electron chi connectivity index (χ3n) is 7.79. The average molecular weight is 766 g/mol. The number of benzene rings is 3. The summed E-state index contributed by atoms with van der Waals surface area (Å²) >= 11 is 0. The Balaban J connectivity index is 0.000000240. The van der Waals surface area contributed by atoms with Gasteiger partial charge in [0.25, 0.3) is 0 Å². The van der Waals surface area contributed by atoms with Crippen molar-refractivity contribution in [1.82, 2.24) is 15.0 Å². The first kappa shape index (κ1) is 32.0. The Bertz CT molecular complexity index is 2000. The standard InChI is InChI=1S/C28H25N2O.C12H10N.Ir/c1-18(2)25-16-26(29-17-19(25)3)24-11-7-10-22-23-15-14-21(30-28(23)31-27(22)24)13-12-20-8-5-4-6-9-20;1-10-7-8-12(13-9-10)11-5-3-2-4-6-11;/h4-10,14-18H,12-13H2,1-3H3;2-5,7-9H,1H3;/q2*-1;. The molecule has 0 aliphatic rings. The number of hydrogen-bond acceptors (Lipinski definition) is 4. The summed E-state index contributed by atoms with van der Waals surface area (Å²) in [5, 5.41) is 2.09. The van der Waals surface area contributed by atoms with Gasteiger partial charge in [0.15, 0.2) is 0 Å². The molecule has 4 heterocycles. The molecule has 0 aliphatic heterocycles. The van der Waals surface area contributed by atoms with Crippen molar-refractivity contribution in [3.8, 4) is 22.5 Å². The smallest absolute Gasteiger partial charge is 0.216 e. The number of hydrogen-bond donors (Lipinski definition) is 0. The summed E-state index contributed by atoms with van der Waals surface area (Å²) in [6.45, 7) is 8.56. The van der Waals surface area contributed by atoms with E-state index in [-0.39, 0.29) is 20.1 Å². The maximum Gasteiger partial charge on any atom is 0.216 e. The molecule has 0 atom stereocenters. The molecule has 45 heavy (non-hydrogen) atoms. The van der Waals surface area contributed by atoms with E-state index in [2.05, 4.69) is 91.4 Å². The number of furan rings is 1. The summed E-state index contributed by atoms with van der Waals surface area (Å²) in [5.74, 6) is 0.436. The van der Waals surface area contributed by atoms with Crippen LogP contribution in [0.4, 0.5) is 0 Å². The van der Waals surface area contributed by atoms with Gasteiger partial charge in [0.1, 0.15) is 0 Å². The van der Waals surface area contributed by atoms with Crippen molar-refractivity contribution >= 4 is 22.1 Å². The molecule has 4 aromatic heterocycles. The topological polar surface area (TPSA) is 51.8 Å². The molecular formula is C40H35IrN3O-2. The number of pyridine rings is 3. The van der Waals surface area contributed by atoms with Gasteiger partial charge in [-0.15, -0.1) is 54.1 Å². The number of aromatic nitrogens is 3. The average Bonchev–Trinajstić information content (AvgIpc) is 3.44. The molecule has 1 radical (unpaired) electrons. The van der Waals surface area contributed by atoms with E-state index in [1.165, 1.54) is 22.3 Å². The van der Waals surface area contributed by atoms with E-state index < -0.39 is 0 Å². The summed E-state index contributed by atoms with van der Waals surface area (Å²) in [5.41, 5.74) is 11.3. The van der Waals surface area contributed by atoms with Crippen LogP contribution in [0.3, 0.4) is 0 Å². The van der Waals surface area contributed by atoms with Crippen molar-refractivity contribution < 1.29 is 24.5 Å².